The number of imidazole rings is 1. The van der Waals surface area contributed by atoms with Gasteiger partial charge in [-0.15, -0.1) is 29.7 Å². The summed E-state index contributed by atoms with van der Waals surface area (Å²) in [4.78, 5) is 4.97. The van der Waals surface area contributed by atoms with Crippen LogP contribution in [0.3, 0.4) is 0 Å². The Morgan fingerprint density at radius 2 is 1.24 bits per heavy atom. The molecule has 7 heteroatoms. The first kappa shape index (κ1) is 39.5. The number of furan rings is 1. The maximum atomic E-state index is 10.5. The van der Waals surface area contributed by atoms with Crippen molar-refractivity contribution in [2.45, 2.75) is 130 Å². The molecule has 0 amide bonds. The molecular weight excluding hydrogens is 1320 g/mol. The minimum atomic E-state index is -4.67. The van der Waals surface area contributed by atoms with Crippen molar-refractivity contribution in [2.75, 3.05) is 0 Å². The van der Waals surface area contributed by atoms with Gasteiger partial charge in [-0.05, 0) is 148 Å². The third-order valence-corrected chi connectivity index (χ3v) is 17.4. The summed E-state index contributed by atoms with van der Waals surface area (Å²) >= 11 is 0. The molecule has 0 radical (unpaired) electrons. The molecule has 4 aromatic heterocycles. The summed E-state index contributed by atoms with van der Waals surface area (Å²) in [6.45, 7) is 2.12. The molecule has 14 aromatic rings. The van der Waals surface area contributed by atoms with Gasteiger partial charge in [0.1, 0.15) is 17.0 Å². The molecule has 0 saturated heterocycles. The molecule has 93 heavy (non-hydrogen) atoms. The molecule has 15 rings (SSSR count). The van der Waals surface area contributed by atoms with E-state index in [9.17, 15) is 12.3 Å². The predicted molar refractivity (Wildman–Crippen MR) is 380 cm³/mol. The third kappa shape index (κ3) is 10.9. The van der Waals surface area contributed by atoms with Crippen molar-refractivity contribution in [1.82, 2.24) is 14.1 Å². The largest absolute Gasteiger partial charge is 0.510 e. The minimum absolute atomic E-state index is 0. The fourth-order valence-corrected chi connectivity index (χ4v) is 12.4. The molecule has 0 atom stereocenters. The number of fused-ring (bicyclic) bond motifs is 8. The van der Waals surface area contributed by atoms with Crippen molar-refractivity contribution in [2.24, 2.45) is 0 Å². The van der Waals surface area contributed by atoms with Crippen LogP contribution < -0.4 is 9.30 Å². The number of hydrogen-bond donors (Lipinski definition) is 0. The third-order valence-electron chi connectivity index (χ3n) is 17.4. The number of nitrogens with zero attached hydrogens (tertiary/aromatic N) is 4. The van der Waals surface area contributed by atoms with Gasteiger partial charge in [-0.25, -0.2) is 4.98 Å². The maximum Gasteiger partial charge on any atom is 0.268 e. The van der Waals surface area contributed by atoms with E-state index in [1.165, 1.54) is 38.5 Å². The summed E-state index contributed by atoms with van der Waals surface area (Å²) in [5.74, 6) is 1.00. The van der Waals surface area contributed by atoms with Crippen molar-refractivity contribution < 1.29 is 67.7 Å². The van der Waals surface area contributed by atoms with Crippen LogP contribution >= 0.6 is 0 Å². The van der Waals surface area contributed by atoms with Crippen LogP contribution in [0.25, 0.3) is 116 Å². The Hall–Kier alpha value is -9.09. The van der Waals surface area contributed by atoms with Crippen molar-refractivity contribution >= 4 is 54.8 Å². The first-order chi connectivity index (χ1) is 53.8. The Bertz CT molecular complexity index is 6360. The number of pyridine rings is 1. The van der Waals surface area contributed by atoms with Crippen LogP contribution in [0.15, 0.2) is 217 Å². The van der Waals surface area contributed by atoms with E-state index >= 15 is 0 Å². The smallest absolute Gasteiger partial charge is 0.268 e. The normalized spacial score (nSPS) is 19.5. The van der Waals surface area contributed by atoms with Gasteiger partial charge in [-0.2, -0.15) is 18.2 Å². The van der Waals surface area contributed by atoms with Crippen molar-refractivity contribution in [3.8, 4) is 73.2 Å². The van der Waals surface area contributed by atoms with E-state index in [0.717, 1.165) is 38.5 Å². The van der Waals surface area contributed by atoms with Crippen LogP contribution in [-0.2, 0) is 48.1 Å². The molecule has 1 aliphatic carbocycles. The summed E-state index contributed by atoms with van der Waals surface area (Å²) in [6.07, 6.45) is -4.14. The van der Waals surface area contributed by atoms with E-state index in [0.29, 0.717) is 38.8 Å². The Morgan fingerprint density at radius 1 is 0.548 bits per heavy atom. The SMILES string of the molecule is [2H]c1c([2H])c([2H])c(-c2cccc(-c3c([2H])c([2H])c4c(c3[2H])C(C([2H])([2H])[2H])(C([2H])([2H])[2H])C([2H])([2H])C([2H])([2H])C4(C([2H])([2H])[2H])C([2H])([2H])[2H])c2-[n+]2[c-]n(-c3[c-]c(Oc4[c-]c5c(cc4)c4cc(-c6cc(C(C)(C)C)cc(C(C)(C)C)c6)ccc4n5-c4cc(C(C)(C)C)ccn4)ccc3)c3cc4oc5c(-c6ccccc6)cccc5c4cc32)c([2H])c1[2H].[Pt]. The molecule has 10 aromatic carbocycles. The first-order valence-corrected chi connectivity index (χ1v) is 30.4. The first-order valence-electron chi connectivity index (χ1n) is 42.4. The summed E-state index contributed by atoms with van der Waals surface area (Å²) in [5.41, 5.74) is -6.01. The van der Waals surface area contributed by atoms with E-state index in [1.54, 1.807) is 42.6 Å². The van der Waals surface area contributed by atoms with E-state index in [2.05, 4.69) is 128 Å². The zero-order valence-corrected chi connectivity index (χ0v) is 54.8. The quantitative estimate of drug-likeness (QED) is 0.107. The summed E-state index contributed by atoms with van der Waals surface area (Å²) < 4.78 is 242. The maximum absolute atomic E-state index is 10.5. The second-order valence-electron chi connectivity index (χ2n) is 26.8. The standard InChI is InChI=1S/C86H78N4O2.Pt/c1-82(2,3)59-39-42-87-79(48-59)90-74-38-34-56(58-43-60(83(4,5)6)47-61(44-58)84(7,8)9)45-70(74)68-36-35-64(50-75(68)90)91-63-28-20-27-62(49-63)88-53-89(76-51-71-69-32-22-31-67(55-25-18-15-19-26-55)81(69)92-78(71)52-77(76)88)80-65(54-23-16-14-17-24-54)29-21-30-66(80)57-33-37-72-73(46-57)86(12,13)41-40-85(72,10)11;/h14-39,42-48,51-52H,40-41H2,1-13H3;/q-2;/i10D3,11D3,12D3,13D3,14D,16D,17D,23D,24D,33D,37D,40D2,41D2,46D;. The van der Waals surface area contributed by atoms with E-state index < -0.39 is 133 Å². The molecule has 1 aliphatic rings. The monoisotopic (exact) mass is 1420 g/mol. The summed E-state index contributed by atoms with van der Waals surface area (Å²) in [7, 11) is 0. The van der Waals surface area contributed by atoms with Crippen LogP contribution in [0.2, 0.25) is 0 Å². The van der Waals surface area contributed by atoms with Crippen LogP contribution in [0.4, 0.5) is 0 Å². The van der Waals surface area contributed by atoms with Gasteiger partial charge in [0.2, 0.25) is 0 Å². The van der Waals surface area contributed by atoms with E-state index in [1.807, 2.05) is 60.7 Å². The molecule has 0 bridgehead atoms. The number of hydrogen-bond acceptors (Lipinski definition) is 3. The summed E-state index contributed by atoms with van der Waals surface area (Å²) in [6, 6.07) is 46.5. The average molecular weight is 1420 g/mol. The second kappa shape index (κ2) is 22.6. The zero-order chi connectivity index (χ0) is 84.4. The molecule has 0 spiro atoms. The van der Waals surface area contributed by atoms with Gasteiger partial charge < -0.3 is 18.3 Å². The molecular formula is C86H78N4O2Pt-2. The number of ether oxygens (including phenoxy) is 1. The molecule has 0 saturated carbocycles. The van der Waals surface area contributed by atoms with Crippen molar-refractivity contribution in [3.05, 3.63) is 259 Å². The van der Waals surface area contributed by atoms with Gasteiger partial charge in [0.25, 0.3) is 6.33 Å². The Labute approximate surface area is 595 Å². The molecule has 0 aliphatic heterocycles. The van der Waals surface area contributed by atoms with Gasteiger partial charge in [0.15, 0.2) is 0 Å². The Kier molecular flexibility index (Phi) is 9.58. The minimum Gasteiger partial charge on any atom is -0.510 e. The predicted octanol–water partition coefficient (Wildman–Crippen LogP) is 22.4. The van der Waals surface area contributed by atoms with Gasteiger partial charge in [-0.3, -0.25) is 4.57 Å². The topological polar surface area (TPSA) is 49.0 Å². The van der Waals surface area contributed by atoms with Crippen LogP contribution in [-0.4, -0.2) is 14.1 Å². The Balaban J connectivity index is 0.0000113. The number of benzene rings is 10. The van der Waals surface area contributed by atoms with Crippen LogP contribution in [0.5, 0.6) is 11.5 Å². The molecule has 0 N–H and O–H groups in total. The molecule has 4 heterocycles. The van der Waals surface area contributed by atoms with Crippen LogP contribution in [0.1, 0.15) is 163 Å². The number of aromatic nitrogens is 4. The summed E-state index contributed by atoms with van der Waals surface area (Å²) in [5, 5.41) is 2.78. The number of para-hydroxylation sites is 2. The molecule has 466 valence electrons. The fraction of sp³-hybridized carbons (Fsp3) is 0.233. The van der Waals surface area contributed by atoms with Gasteiger partial charge in [0, 0.05) is 82.5 Å². The van der Waals surface area contributed by atoms with Gasteiger partial charge >= 0.3 is 0 Å². The van der Waals surface area contributed by atoms with E-state index in [4.69, 9.17) is 34.7 Å². The molecule has 0 unspecified atom stereocenters. The zero-order valence-electron chi connectivity index (χ0n) is 76.5. The second-order valence-corrected chi connectivity index (χ2v) is 26.8. The van der Waals surface area contributed by atoms with Crippen LogP contribution in [0, 0.1) is 18.5 Å². The molecule has 0 fully saturated rings. The number of rotatable bonds is 9. The Morgan fingerprint density at radius 3 is 1.97 bits per heavy atom. The van der Waals surface area contributed by atoms with Crippen molar-refractivity contribution in [3.63, 3.8) is 0 Å². The average Bonchev–Trinajstić information content (AvgIpc) is 1.63. The van der Waals surface area contributed by atoms with Crippen molar-refractivity contribution in [1.29, 1.82) is 0 Å². The van der Waals surface area contributed by atoms with Gasteiger partial charge in [0.05, 0.1) is 27.7 Å². The van der Waals surface area contributed by atoms with Gasteiger partial charge in [-0.1, -0.05) is 241 Å². The van der Waals surface area contributed by atoms with E-state index in [-0.39, 0.29) is 71.1 Å². The fourth-order valence-electron chi connectivity index (χ4n) is 12.4. The molecule has 6 nitrogen and oxygen atoms in total.